The predicted molar refractivity (Wildman–Crippen MR) is 58.1 cm³/mol. The van der Waals surface area contributed by atoms with E-state index in [1.165, 1.54) is 11.9 Å². The number of nitrogens with one attached hydrogen (secondary N) is 1. The molecule has 1 N–H and O–H groups in total. The third kappa shape index (κ3) is 2.31. The lowest BCUT2D eigenvalue weighted by molar-refractivity contribution is 0.841. The van der Waals surface area contributed by atoms with Crippen LogP contribution in [0, 0.1) is 0 Å². The number of imidazole rings is 1. The molecular formula is C10H13N5. The van der Waals surface area contributed by atoms with E-state index < -0.39 is 0 Å². The van der Waals surface area contributed by atoms with Crippen LogP contribution < -0.4 is 5.43 Å². The van der Waals surface area contributed by atoms with Crippen molar-refractivity contribution in [2.75, 3.05) is 12.0 Å². The smallest absolute Gasteiger partial charge is 0.182 e. The summed E-state index contributed by atoms with van der Waals surface area (Å²) in [5.41, 5.74) is 5.24. The van der Waals surface area contributed by atoms with E-state index in [9.17, 15) is 0 Å². The van der Waals surface area contributed by atoms with E-state index in [0.717, 1.165) is 12.2 Å². The Morgan fingerprint density at radius 1 is 1.40 bits per heavy atom. The quantitative estimate of drug-likeness (QED) is 0.764. The number of aromatic nitrogens is 4. The maximum absolute atomic E-state index is 4.15. The molecule has 0 bridgehead atoms. The highest BCUT2D eigenvalue weighted by molar-refractivity contribution is 5.47. The minimum atomic E-state index is 0.676. The summed E-state index contributed by atoms with van der Waals surface area (Å²) in [5, 5.41) is 0. The highest BCUT2D eigenvalue weighted by Crippen LogP contribution is 2.10. The summed E-state index contributed by atoms with van der Waals surface area (Å²) in [4.78, 5) is 12.2. The van der Waals surface area contributed by atoms with E-state index in [2.05, 4.69) is 40.3 Å². The number of hydrogen-bond acceptors (Lipinski definition) is 4. The van der Waals surface area contributed by atoms with Gasteiger partial charge in [0, 0.05) is 6.54 Å². The van der Waals surface area contributed by atoms with E-state index >= 15 is 0 Å². The minimum absolute atomic E-state index is 0.676. The summed E-state index contributed by atoms with van der Waals surface area (Å²) in [5.74, 6) is 0.676. The van der Waals surface area contributed by atoms with Crippen LogP contribution in [0.15, 0.2) is 30.5 Å². The van der Waals surface area contributed by atoms with Crippen molar-refractivity contribution >= 4 is 0 Å². The summed E-state index contributed by atoms with van der Waals surface area (Å²) in [7, 11) is 0. The molecule has 2 aliphatic heterocycles. The van der Waals surface area contributed by atoms with Crippen LogP contribution in [-0.4, -0.2) is 26.2 Å². The molecule has 0 atom stereocenters. The molecule has 2 aliphatic rings. The van der Waals surface area contributed by atoms with Gasteiger partial charge in [-0.2, -0.15) is 0 Å². The zero-order chi connectivity index (χ0) is 10.7. The average Bonchev–Trinajstić information content (AvgIpc) is 2.64. The number of allylic oxidation sites excluding steroid dienone is 1. The second kappa shape index (κ2) is 4.08. The zero-order valence-electron chi connectivity index (χ0n) is 8.81. The monoisotopic (exact) mass is 203 g/mol. The number of nitrogens with zero attached hydrogens (tertiary/aromatic N) is 4. The molecule has 0 fully saturated rings. The van der Waals surface area contributed by atoms with E-state index in [1.54, 1.807) is 11.0 Å². The lowest BCUT2D eigenvalue weighted by atomic mass is 10.3. The molecule has 0 aromatic carbocycles. The first kappa shape index (κ1) is 9.64. The normalized spacial score (nSPS) is 10.3. The molecule has 0 radical (unpaired) electrons. The van der Waals surface area contributed by atoms with Gasteiger partial charge in [0.2, 0.25) is 0 Å². The molecule has 5 nitrogen and oxygen atoms in total. The zero-order valence-corrected chi connectivity index (χ0v) is 8.81. The fourth-order valence-corrected chi connectivity index (χ4v) is 1.18. The van der Waals surface area contributed by atoms with Gasteiger partial charge in [0.15, 0.2) is 5.82 Å². The fourth-order valence-electron chi connectivity index (χ4n) is 1.18. The molecule has 15 heavy (non-hydrogen) atoms. The highest BCUT2D eigenvalue weighted by Gasteiger charge is 2.05. The van der Waals surface area contributed by atoms with Crippen LogP contribution >= 0.6 is 0 Å². The molecular weight excluding hydrogens is 190 g/mol. The first-order valence-corrected chi connectivity index (χ1v) is 4.77. The Kier molecular flexibility index (Phi) is 2.62. The molecule has 0 aromatic heterocycles. The second-order valence-corrected chi connectivity index (χ2v) is 3.51. The minimum Gasteiger partial charge on any atom is -0.321 e. The predicted octanol–water partition coefficient (Wildman–Crippen LogP) is 1.29. The lowest BCUT2D eigenvalue weighted by Gasteiger charge is -2.08. The van der Waals surface area contributed by atoms with Crippen molar-refractivity contribution in [3.8, 4) is 11.5 Å². The van der Waals surface area contributed by atoms with Gasteiger partial charge >= 0.3 is 0 Å². The van der Waals surface area contributed by atoms with Crippen molar-refractivity contribution in [2.24, 2.45) is 0 Å². The average molecular weight is 203 g/mol. The molecule has 0 aliphatic carbocycles. The Balaban J connectivity index is 2.09. The van der Waals surface area contributed by atoms with Gasteiger partial charge < -0.3 is 5.43 Å². The first-order valence-electron chi connectivity index (χ1n) is 4.77. The first-order chi connectivity index (χ1) is 7.25. The Hall–Kier alpha value is -1.91. The molecule has 0 aromatic rings. The third-order valence-corrected chi connectivity index (χ3v) is 1.96. The maximum atomic E-state index is 4.15. The van der Waals surface area contributed by atoms with E-state index in [-0.39, 0.29) is 0 Å². The lowest BCUT2D eigenvalue weighted by Crippen LogP contribution is -2.15. The summed E-state index contributed by atoms with van der Waals surface area (Å²) < 4.78 is 1.79. The molecule has 0 spiro atoms. The van der Waals surface area contributed by atoms with E-state index in [0.29, 0.717) is 5.82 Å². The van der Waals surface area contributed by atoms with E-state index in [1.807, 2.05) is 6.20 Å². The number of rotatable bonds is 3. The van der Waals surface area contributed by atoms with Crippen LogP contribution in [-0.2, 0) is 0 Å². The fraction of sp³-hybridized carbons (Fsp3) is 0.300. The topological polar surface area (TPSA) is 55.6 Å². The van der Waals surface area contributed by atoms with Gasteiger partial charge in [-0.15, -0.1) is 0 Å². The summed E-state index contributed by atoms with van der Waals surface area (Å²) >= 11 is 0. The van der Waals surface area contributed by atoms with E-state index in [4.69, 9.17) is 0 Å². The van der Waals surface area contributed by atoms with Gasteiger partial charge in [0.25, 0.3) is 0 Å². The summed E-state index contributed by atoms with van der Waals surface area (Å²) in [6.45, 7) is 4.90. The van der Waals surface area contributed by atoms with Crippen molar-refractivity contribution in [1.82, 2.24) is 19.6 Å². The van der Waals surface area contributed by atoms with Gasteiger partial charge in [0.05, 0.1) is 6.20 Å². The molecule has 2 heterocycles. The van der Waals surface area contributed by atoms with Gasteiger partial charge in [-0.1, -0.05) is 11.6 Å². The van der Waals surface area contributed by atoms with Crippen LogP contribution in [0.3, 0.4) is 0 Å². The second-order valence-electron chi connectivity index (χ2n) is 3.51. The van der Waals surface area contributed by atoms with Gasteiger partial charge in [-0.3, -0.25) is 4.68 Å². The Labute approximate surface area is 88.2 Å². The third-order valence-electron chi connectivity index (χ3n) is 1.96. The summed E-state index contributed by atoms with van der Waals surface area (Å²) in [6, 6.07) is 0. The molecule has 0 saturated carbocycles. The molecule has 0 saturated heterocycles. The van der Waals surface area contributed by atoms with Crippen molar-refractivity contribution in [2.45, 2.75) is 13.8 Å². The van der Waals surface area contributed by atoms with Crippen LogP contribution in [0.5, 0.6) is 0 Å². The van der Waals surface area contributed by atoms with Gasteiger partial charge in [-0.25, -0.2) is 15.0 Å². The van der Waals surface area contributed by atoms with Crippen molar-refractivity contribution < 1.29 is 0 Å². The van der Waals surface area contributed by atoms with Crippen molar-refractivity contribution in [1.29, 1.82) is 0 Å². The van der Waals surface area contributed by atoms with Crippen LogP contribution in [0.4, 0.5) is 0 Å². The van der Waals surface area contributed by atoms with Crippen molar-refractivity contribution in [3.63, 3.8) is 0 Å². The van der Waals surface area contributed by atoms with Crippen LogP contribution in [0.2, 0.25) is 0 Å². The molecule has 5 heteroatoms. The number of fused-ring (bicyclic) bond motifs is 1. The molecule has 0 amide bonds. The van der Waals surface area contributed by atoms with Gasteiger partial charge in [-0.05, 0) is 13.8 Å². The highest BCUT2D eigenvalue weighted by atomic mass is 15.4. The Bertz CT molecular complexity index is 441. The summed E-state index contributed by atoms with van der Waals surface area (Å²) in [6.07, 6.45) is 7.18. The Morgan fingerprint density at radius 3 is 3.07 bits per heavy atom. The van der Waals surface area contributed by atoms with Gasteiger partial charge in [0.1, 0.15) is 18.3 Å². The molecule has 2 rings (SSSR count). The molecule has 78 valence electrons. The standard InChI is InChI=1S/C10H13N5/c1-8(2)3-4-14-15-5-9-10(13-7-15)12-6-11-9/h3,5-7,14H,4H2,1-2H3. The van der Waals surface area contributed by atoms with Crippen LogP contribution in [0.25, 0.3) is 11.5 Å². The SMILES string of the molecule is CC(C)=CCNn1cnc2ncnc-2c1. The van der Waals surface area contributed by atoms with Crippen molar-refractivity contribution in [3.05, 3.63) is 30.5 Å². The molecule has 0 unspecified atom stereocenters. The number of hydrogen-bond donors (Lipinski definition) is 1. The largest absolute Gasteiger partial charge is 0.321 e. The van der Waals surface area contributed by atoms with Crippen LogP contribution in [0.1, 0.15) is 13.8 Å². The Morgan fingerprint density at radius 2 is 2.27 bits per heavy atom. The maximum Gasteiger partial charge on any atom is 0.182 e.